The lowest BCUT2D eigenvalue weighted by atomic mass is 10.2. The quantitative estimate of drug-likeness (QED) is 0.269. The summed E-state index contributed by atoms with van der Waals surface area (Å²) in [5, 5.41) is 8.69. The maximum Gasteiger partial charge on any atom is 0.329 e. The monoisotopic (exact) mass is 482 g/mol. The van der Waals surface area contributed by atoms with Crippen molar-refractivity contribution in [3.8, 4) is 5.75 Å². The number of anilines is 2. The lowest BCUT2D eigenvalue weighted by molar-refractivity contribution is -0.136. The molecule has 0 aliphatic heterocycles. The number of benzene rings is 3. The van der Waals surface area contributed by atoms with Gasteiger partial charge in [0.05, 0.1) is 11.2 Å². The van der Waals surface area contributed by atoms with E-state index in [-0.39, 0.29) is 11.6 Å². The van der Waals surface area contributed by atoms with Gasteiger partial charge in [-0.15, -0.1) is 0 Å². The summed E-state index contributed by atoms with van der Waals surface area (Å²) >= 11 is 5.69. The summed E-state index contributed by atoms with van der Waals surface area (Å²) in [6, 6.07) is 17.4. The Bertz CT molecular complexity index is 1250. The van der Waals surface area contributed by atoms with Gasteiger partial charge in [0.25, 0.3) is 5.91 Å². The molecular formula is C24H20ClFN4O4. The summed E-state index contributed by atoms with van der Waals surface area (Å²) in [6.07, 6.45) is 1.32. The number of hydrazone groups is 1. The van der Waals surface area contributed by atoms with E-state index in [0.29, 0.717) is 22.7 Å². The predicted octanol–water partition coefficient (Wildman–Crippen LogP) is 3.89. The molecule has 0 fully saturated rings. The standard InChI is InChI=1S/C24H20ClFN4O4/c1-15-4-2-6-17(10-15)29-23(32)24(33)30-27-13-16-5-3-7-19(11-16)34-14-22(31)28-18-8-9-21(26)20(25)12-18/h2-13H,14H2,1H3,(H,28,31)(H,29,32)(H,30,33)/b27-13-. The van der Waals surface area contributed by atoms with E-state index in [1.54, 1.807) is 42.5 Å². The molecule has 10 heteroatoms. The number of halogens is 2. The zero-order chi connectivity index (χ0) is 24.5. The molecule has 3 aromatic carbocycles. The summed E-state index contributed by atoms with van der Waals surface area (Å²) in [4.78, 5) is 35.9. The van der Waals surface area contributed by atoms with Crippen molar-refractivity contribution in [1.82, 2.24) is 5.43 Å². The molecule has 0 unspecified atom stereocenters. The number of carbonyl (C=O) groups is 3. The van der Waals surface area contributed by atoms with Gasteiger partial charge < -0.3 is 15.4 Å². The smallest absolute Gasteiger partial charge is 0.329 e. The number of nitrogens with one attached hydrogen (secondary N) is 3. The van der Waals surface area contributed by atoms with Crippen molar-refractivity contribution >= 4 is 46.9 Å². The SMILES string of the molecule is Cc1cccc(NC(=O)C(=O)N/N=C\c2cccc(OCC(=O)Nc3ccc(F)c(Cl)c3)c2)c1. The minimum absolute atomic E-state index is 0.106. The van der Waals surface area contributed by atoms with Crippen molar-refractivity contribution in [2.24, 2.45) is 5.10 Å². The van der Waals surface area contributed by atoms with E-state index in [1.165, 1.54) is 18.3 Å². The zero-order valence-corrected chi connectivity index (χ0v) is 18.7. The van der Waals surface area contributed by atoms with Crippen LogP contribution in [0.5, 0.6) is 5.75 Å². The Balaban J connectivity index is 1.48. The maximum absolute atomic E-state index is 13.2. The first-order valence-electron chi connectivity index (χ1n) is 9.99. The third kappa shape index (κ3) is 7.42. The van der Waals surface area contributed by atoms with E-state index < -0.39 is 23.5 Å². The van der Waals surface area contributed by atoms with Gasteiger partial charge in [-0.3, -0.25) is 14.4 Å². The molecule has 34 heavy (non-hydrogen) atoms. The van der Waals surface area contributed by atoms with Crippen molar-refractivity contribution in [1.29, 1.82) is 0 Å². The fourth-order valence-corrected chi connectivity index (χ4v) is 2.91. The average Bonchev–Trinajstić information content (AvgIpc) is 2.80. The number of amides is 3. The van der Waals surface area contributed by atoms with Crippen LogP contribution < -0.4 is 20.8 Å². The maximum atomic E-state index is 13.2. The van der Waals surface area contributed by atoms with Crippen LogP contribution in [0.4, 0.5) is 15.8 Å². The Kier molecular flexibility index (Phi) is 8.31. The third-order valence-corrected chi connectivity index (χ3v) is 4.58. The first kappa shape index (κ1) is 24.4. The molecule has 3 aromatic rings. The van der Waals surface area contributed by atoms with Crippen molar-refractivity contribution in [2.45, 2.75) is 6.92 Å². The van der Waals surface area contributed by atoms with Crippen LogP contribution in [0.15, 0.2) is 71.8 Å². The minimum Gasteiger partial charge on any atom is -0.484 e. The zero-order valence-electron chi connectivity index (χ0n) is 18.0. The van der Waals surface area contributed by atoms with E-state index >= 15 is 0 Å². The molecule has 0 spiro atoms. The van der Waals surface area contributed by atoms with Gasteiger partial charge in [-0.2, -0.15) is 5.10 Å². The molecule has 0 saturated heterocycles. The number of carbonyl (C=O) groups excluding carboxylic acids is 3. The molecular weight excluding hydrogens is 463 g/mol. The lowest BCUT2D eigenvalue weighted by Crippen LogP contribution is -2.32. The first-order valence-corrected chi connectivity index (χ1v) is 10.4. The molecule has 3 amide bonds. The van der Waals surface area contributed by atoms with Gasteiger partial charge >= 0.3 is 11.8 Å². The summed E-state index contributed by atoms with van der Waals surface area (Å²) in [7, 11) is 0. The van der Waals surface area contributed by atoms with E-state index in [1.807, 2.05) is 13.0 Å². The van der Waals surface area contributed by atoms with Crippen LogP contribution in [0.25, 0.3) is 0 Å². The van der Waals surface area contributed by atoms with Crippen molar-refractivity contribution in [3.63, 3.8) is 0 Å². The van der Waals surface area contributed by atoms with Crippen LogP contribution in [-0.2, 0) is 14.4 Å². The molecule has 0 aliphatic rings. The highest BCUT2D eigenvalue weighted by atomic mass is 35.5. The Morgan fingerprint density at radius 3 is 2.50 bits per heavy atom. The molecule has 0 radical (unpaired) electrons. The fraction of sp³-hybridized carbons (Fsp3) is 0.0833. The van der Waals surface area contributed by atoms with Crippen LogP contribution in [0.2, 0.25) is 5.02 Å². The second kappa shape index (κ2) is 11.6. The molecule has 0 aliphatic carbocycles. The topological polar surface area (TPSA) is 109 Å². The molecule has 0 aromatic heterocycles. The fourth-order valence-electron chi connectivity index (χ4n) is 2.73. The number of hydrogen-bond acceptors (Lipinski definition) is 5. The van der Waals surface area contributed by atoms with E-state index in [2.05, 4.69) is 21.2 Å². The summed E-state index contributed by atoms with van der Waals surface area (Å²) < 4.78 is 18.6. The number of ether oxygens (including phenoxy) is 1. The van der Waals surface area contributed by atoms with E-state index in [9.17, 15) is 18.8 Å². The second-order valence-electron chi connectivity index (χ2n) is 7.06. The van der Waals surface area contributed by atoms with Crippen LogP contribution in [0.1, 0.15) is 11.1 Å². The first-order chi connectivity index (χ1) is 16.3. The molecule has 0 heterocycles. The van der Waals surface area contributed by atoms with Gasteiger partial charge in [0.2, 0.25) is 0 Å². The van der Waals surface area contributed by atoms with Gasteiger partial charge in [0.15, 0.2) is 6.61 Å². The highest BCUT2D eigenvalue weighted by Crippen LogP contribution is 2.19. The number of hydrogen-bond donors (Lipinski definition) is 3. The van der Waals surface area contributed by atoms with Crippen LogP contribution in [0, 0.1) is 12.7 Å². The Labute approximate surface area is 199 Å². The Morgan fingerprint density at radius 1 is 0.971 bits per heavy atom. The molecule has 3 rings (SSSR count). The van der Waals surface area contributed by atoms with E-state index in [4.69, 9.17) is 16.3 Å². The number of rotatable bonds is 7. The second-order valence-corrected chi connectivity index (χ2v) is 7.47. The van der Waals surface area contributed by atoms with Crippen molar-refractivity contribution in [2.75, 3.05) is 17.2 Å². The van der Waals surface area contributed by atoms with Gasteiger partial charge in [-0.05, 0) is 60.5 Å². The minimum atomic E-state index is -0.928. The molecule has 174 valence electrons. The molecule has 0 atom stereocenters. The highest BCUT2D eigenvalue weighted by Gasteiger charge is 2.13. The normalized spacial score (nSPS) is 10.6. The third-order valence-electron chi connectivity index (χ3n) is 4.29. The summed E-state index contributed by atoms with van der Waals surface area (Å²) in [6.45, 7) is 1.57. The Hall–Kier alpha value is -4.24. The molecule has 8 nitrogen and oxygen atoms in total. The van der Waals surface area contributed by atoms with Crippen LogP contribution >= 0.6 is 11.6 Å². The molecule has 0 saturated carbocycles. The van der Waals surface area contributed by atoms with Gasteiger partial charge in [-0.25, -0.2) is 9.82 Å². The largest absolute Gasteiger partial charge is 0.484 e. The Morgan fingerprint density at radius 2 is 1.74 bits per heavy atom. The van der Waals surface area contributed by atoms with Crippen LogP contribution in [-0.4, -0.2) is 30.5 Å². The van der Waals surface area contributed by atoms with Gasteiger partial charge in [-0.1, -0.05) is 35.9 Å². The highest BCUT2D eigenvalue weighted by molar-refractivity contribution is 6.39. The van der Waals surface area contributed by atoms with Gasteiger partial charge in [0.1, 0.15) is 11.6 Å². The predicted molar refractivity (Wildman–Crippen MR) is 128 cm³/mol. The average molecular weight is 483 g/mol. The van der Waals surface area contributed by atoms with Gasteiger partial charge in [0, 0.05) is 11.4 Å². The number of aryl methyl sites for hydroxylation is 1. The van der Waals surface area contributed by atoms with Crippen molar-refractivity contribution in [3.05, 3.63) is 88.7 Å². The molecule has 0 bridgehead atoms. The molecule has 3 N–H and O–H groups in total. The van der Waals surface area contributed by atoms with Crippen molar-refractivity contribution < 1.29 is 23.5 Å². The lowest BCUT2D eigenvalue weighted by Gasteiger charge is -2.08. The van der Waals surface area contributed by atoms with Crippen LogP contribution in [0.3, 0.4) is 0 Å². The van der Waals surface area contributed by atoms with E-state index in [0.717, 1.165) is 11.6 Å². The summed E-state index contributed by atoms with van der Waals surface area (Å²) in [5.74, 6) is -2.46. The summed E-state index contributed by atoms with van der Waals surface area (Å²) in [5.41, 5.74) is 4.48. The number of nitrogens with zero attached hydrogens (tertiary/aromatic N) is 1.